The molecule has 2 heterocycles. The smallest absolute Gasteiger partial charge is 0.146 e. The lowest BCUT2D eigenvalue weighted by Gasteiger charge is -2.19. The van der Waals surface area contributed by atoms with Crippen LogP contribution >= 0.6 is 11.6 Å². The van der Waals surface area contributed by atoms with Crippen molar-refractivity contribution in [3.05, 3.63) is 129 Å². The van der Waals surface area contributed by atoms with E-state index in [9.17, 15) is 0 Å². The summed E-state index contributed by atoms with van der Waals surface area (Å²) in [5.74, 6) is 1.77. The zero-order valence-electron chi connectivity index (χ0n) is 25.3. The molecule has 0 unspecified atom stereocenters. The maximum Gasteiger partial charge on any atom is 0.146 e. The minimum atomic E-state index is 0.640. The molecule has 0 bridgehead atoms. The summed E-state index contributed by atoms with van der Waals surface area (Å²) in [5.41, 5.74) is 15.1. The van der Waals surface area contributed by atoms with E-state index in [4.69, 9.17) is 21.6 Å². The summed E-state index contributed by atoms with van der Waals surface area (Å²) in [6.45, 7) is 12.9. The highest BCUT2D eigenvalue weighted by molar-refractivity contribution is 6.34. The predicted octanol–water partition coefficient (Wildman–Crippen LogP) is 10.2. The maximum atomic E-state index is 7.52. The van der Waals surface area contributed by atoms with Crippen LogP contribution in [0.2, 0.25) is 5.02 Å². The third kappa shape index (κ3) is 4.36. The van der Waals surface area contributed by atoms with Crippen LogP contribution in [-0.2, 0) is 0 Å². The number of nitrogens with zero attached hydrogens (tertiary/aromatic N) is 4. The van der Waals surface area contributed by atoms with Gasteiger partial charge < -0.3 is 0 Å². The molecule has 0 aliphatic rings. The summed E-state index contributed by atoms with van der Waals surface area (Å²) in [4.78, 5) is 10.4. The molecule has 0 spiro atoms. The highest BCUT2D eigenvalue weighted by Crippen LogP contribution is 2.40. The van der Waals surface area contributed by atoms with Crippen molar-refractivity contribution in [2.24, 2.45) is 0 Å². The number of halogens is 1. The number of aryl methyl sites for hydroxylation is 6. The number of fused-ring (bicyclic) bond motifs is 2. The van der Waals surface area contributed by atoms with E-state index in [1.807, 2.05) is 12.1 Å². The van der Waals surface area contributed by atoms with Gasteiger partial charge in [0.25, 0.3) is 0 Å². The van der Waals surface area contributed by atoms with Gasteiger partial charge in [-0.15, -0.1) is 0 Å². The van der Waals surface area contributed by atoms with Crippen molar-refractivity contribution in [2.45, 2.75) is 41.5 Å². The number of benzene rings is 5. The highest BCUT2D eigenvalue weighted by atomic mass is 35.5. The van der Waals surface area contributed by atoms with Gasteiger partial charge >= 0.3 is 0 Å². The number of aromatic nitrogens is 4. The van der Waals surface area contributed by atoms with Crippen molar-refractivity contribution >= 4 is 33.7 Å². The Morgan fingerprint density at radius 3 is 1.26 bits per heavy atom. The predicted molar refractivity (Wildman–Crippen MR) is 180 cm³/mol. The number of rotatable bonds is 4. The third-order valence-electron chi connectivity index (χ3n) is 8.36. The van der Waals surface area contributed by atoms with Crippen LogP contribution in [0.5, 0.6) is 0 Å². The van der Waals surface area contributed by atoms with E-state index in [2.05, 4.69) is 130 Å². The molecule has 212 valence electrons. The Morgan fingerprint density at radius 1 is 0.488 bits per heavy atom. The summed E-state index contributed by atoms with van der Waals surface area (Å²) in [5, 5.41) is 0.640. The van der Waals surface area contributed by atoms with Crippen molar-refractivity contribution in [2.75, 3.05) is 0 Å². The van der Waals surface area contributed by atoms with Gasteiger partial charge in [0, 0.05) is 11.1 Å². The SMILES string of the molecule is Cc1cc(C)c(-c2nc3ccccc3n2-c2cccc(-n3c(-c4c(C)cc(C)cc4C)nc4ccccc43)c2Cl)c(C)c1. The van der Waals surface area contributed by atoms with Crippen LogP contribution in [0.25, 0.3) is 56.2 Å². The van der Waals surface area contributed by atoms with Crippen LogP contribution in [0.4, 0.5) is 0 Å². The van der Waals surface area contributed by atoms with Crippen LogP contribution in [0.3, 0.4) is 0 Å². The first-order valence-electron chi connectivity index (χ1n) is 14.6. The summed E-state index contributed by atoms with van der Waals surface area (Å²) in [7, 11) is 0. The van der Waals surface area contributed by atoms with E-state index >= 15 is 0 Å². The fourth-order valence-corrected chi connectivity index (χ4v) is 7.09. The van der Waals surface area contributed by atoms with E-state index in [-0.39, 0.29) is 0 Å². The Hall–Kier alpha value is -4.67. The quantitative estimate of drug-likeness (QED) is 0.207. The first-order chi connectivity index (χ1) is 20.7. The minimum Gasteiger partial charge on any atom is -0.291 e. The molecular formula is C38H33ClN4. The van der Waals surface area contributed by atoms with E-state index in [1.165, 1.54) is 33.4 Å². The Balaban J connectivity index is 1.55. The largest absolute Gasteiger partial charge is 0.291 e. The number of para-hydroxylation sites is 4. The van der Waals surface area contributed by atoms with Crippen LogP contribution in [0, 0.1) is 41.5 Å². The second-order valence-electron chi connectivity index (χ2n) is 11.7. The van der Waals surface area contributed by atoms with Gasteiger partial charge in [0.2, 0.25) is 0 Å². The standard InChI is InChI=1S/C38H33ClN4/c1-22-18-24(3)34(25(4)19-22)37-40-28-12-7-9-14-30(28)42(37)32-16-11-17-33(36(32)39)43-31-15-10-8-13-29(31)41-38(43)35-26(5)20-23(2)21-27(35)6/h7-21H,1-6H3. The Morgan fingerprint density at radius 2 is 0.860 bits per heavy atom. The lowest BCUT2D eigenvalue weighted by atomic mass is 9.99. The molecule has 5 aromatic carbocycles. The van der Waals surface area contributed by atoms with E-state index < -0.39 is 0 Å². The van der Waals surface area contributed by atoms with Gasteiger partial charge in [0.15, 0.2) is 0 Å². The number of hydrogen-bond donors (Lipinski definition) is 0. The molecule has 0 radical (unpaired) electrons. The van der Waals surface area contributed by atoms with Crippen LogP contribution in [-0.4, -0.2) is 19.1 Å². The third-order valence-corrected chi connectivity index (χ3v) is 8.75. The zero-order chi connectivity index (χ0) is 30.0. The normalized spacial score (nSPS) is 11.6. The number of hydrogen-bond acceptors (Lipinski definition) is 2. The van der Waals surface area contributed by atoms with Crippen molar-refractivity contribution in [1.29, 1.82) is 0 Å². The van der Waals surface area contributed by atoms with Gasteiger partial charge in [-0.25, -0.2) is 9.97 Å². The van der Waals surface area contributed by atoms with E-state index in [1.54, 1.807) is 0 Å². The molecule has 2 aromatic heterocycles. The molecule has 0 amide bonds. The van der Waals surface area contributed by atoms with Crippen LogP contribution in [0.1, 0.15) is 33.4 Å². The van der Waals surface area contributed by atoms with E-state index in [0.29, 0.717) is 5.02 Å². The Kier molecular flexibility index (Phi) is 6.48. The molecule has 0 saturated carbocycles. The lowest BCUT2D eigenvalue weighted by Crippen LogP contribution is -2.05. The molecule has 0 N–H and O–H groups in total. The molecule has 0 saturated heterocycles. The average molecular weight is 581 g/mol. The lowest BCUT2D eigenvalue weighted by molar-refractivity contribution is 1.06. The molecule has 0 aliphatic carbocycles. The topological polar surface area (TPSA) is 35.6 Å². The van der Waals surface area contributed by atoms with Crippen LogP contribution in [0.15, 0.2) is 91.0 Å². The monoisotopic (exact) mass is 580 g/mol. The van der Waals surface area contributed by atoms with Gasteiger partial charge in [-0.05, 0) is 100 Å². The molecule has 4 nitrogen and oxygen atoms in total. The second-order valence-corrected chi connectivity index (χ2v) is 12.1. The fraction of sp³-hybridized carbons (Fsp3) is 0.158. The molecule has 0 atom stereocenters. The first-order valence-corrected chi connectivity index (χ1v) is 15.0. The van der Waals surface area contributed by atoms with Gasteiger partial charge in [-0.3, -0.25) is 9.13 Å². The number of imidazole rings is 2. The van der Waals surface area contributed by atoms with Crippen LogP contribution < -0.4 is 0 Å². The molecule has 7 rings (SSSR count). The zero-order valence-corrected chi connectivity index (χ0v) is 26.1. The van der Waals surface area contributed by atoms with Gasteiger partial charge in [0.05, 0.1) is 38.5 Å². The van der Waals surface area contributed by atoms with Crippen molar-refractivity contribution in [3.63, 3.8) is 0 Å². The Bertz CT molecular complexity index is 2020. The molecular weight excluding hydrogens is 548 g/mol. The highest BCUT2D eigenvalue weighted by Gasteiger charge is 2.24. The summed E-state index contributed by atoms with van der Waals surface area (Å²) in [6, 6.07) is 31.7. The Labute approximate surface area is 257 Å². The van der Waals surface area contributed by atoms with Gasteiger partial charge in [0.1, 0.15) is 11.6 Å². The summed E-state index contributed by atoms with van der Waals surface area (Å²) >= 11 is 7.52. The van der Waals surface area contributed by atoms with Crippen molar-refractivity contribution < 1.29 is 0 Å². The van der Waals surface area contributed by atoms with E-state index in [0.717, 1.165) is 56.2 Å². The van der Waals surface area contributed by atoms with Gasteiger partial charge in [-0.1, -0.05) is 77.3 Å². The molecule has 5 heteroatoms. The van der Waals surface area contributed by atoms with Crippen molar-refractivity contribution in [1.82, 2.24) is 19.1 Å². The van der Waals surface area contributed by atoms with Gasteiger partial charge in [-0.2, -0.15) is 0 Å². The summed E-state index contributed by atoms with van der Waals surface area (Å²) < 4.78 is 4.43. The maximum absolute atomic E-state index is 7.52. The minimum absolute atomic E-state index is 0.640. The molecule has 7 aromatic rings. The first kappa shape index (κ1) is 27.2. The average Bonchev–Trinajstić information content (AvgIpc) is 3.51. The molecule has 43 heavy (non-hydrogen) atoms. The molecule has 0 fully saturated rings. The fourth-order valence-electron chi connectivity index (χ4n) is 6.79. The second kappa shape index (κ2) is 10.3. The molecule has 0 aliphatic heterocycles. The summed E-state index contributed by atoms with van der Waals surface area (Å²) in [6.07, 6.45) is 0. The van der Waals surface area contributed by atoms with Crippen molar-refractivity contribution in [3.8, 4) is 34.2 Å².